The third kappa shape index (κ3) is 4.44. The lowest BCUT2D eigenvalue weighted by Crippen LogP contribution is -2.01. The minimum atomic E-state index is -0.269. The van der Waals surface area contributed by atoms with Crippen molar-refractivity contribution in [2.45, 2.75) is 13.2 Å². The van der Waals surface area contributed by atoms with E-state index in [1.807, 2.05) is 0 Å². The molecule has 28 heavy (non-hydrogen) atoms. The highest BCUT2D eigenvalue weighted by molar-refractivity contribution is 6.07. The van der Waals surface area contributed by atoms with Gasteiger partial charge in [0.1, 0.15) is 5.75 Å². The van der Waals surface area contributed by atoms with Crippen molar-refractivity contribution in [2.75, 3.05) is 28.4 Å². The number of allylic oxidation sites excluding steroid dienone is 1. The Labute approximate surface area is 163 Å². The average Bonchev–Trinajstić information content (AvgIpc) is 2.75. The van der Waals surface area contributed by atoms with Crippen molar-refractivity contribution in [3.8, 4) is 23.0 Å². The molecule has 0 saturated heterocycles. The number of hydrogen-bond acceptors (Lipinski definition) is 7. The Balaban J connectivity index is 2.38. The van der Waals surface area contributed by atoms with Crippen LogP contribution in [0.5, 0.6) is 23.0 Å². The molecule has 150 valence electrons. The monoisotopic (exact) mass is 388 g/mol. The number of aliphatic hydroxyl groups excluding tert-OH is 2. The molecule has 0 aliphatic heterocycles. The minimum Gasteiger partial charge on any atom is -0.496 e. The Kier molecular flexibility index (Phi) is 7.43. The Morgan fingerprint density at radius 1 is 0.857 bits per heavy atom. The lowest BCUT2D eigenvalue weighted by molar-refractivity contribution is 0.104. The van der Waals surface area contributed by atoms with Gasteiger partial charge in [-0.15, -0.1) is 0 Å². The molecule has 0 unspecified atom stereocenters. The van der Waals surface area contributed by atoms with Crippen LogP contribution in [0.3, 0.4) is 0 Å². The smallest absolute Gasteiger partial charge is 0.203 e. The number of aliphatic hydroxyl groups is 2. The summed E-state index contributed by atoms with van der Waals surface area (Å²) in [6.07, 6.45) is 3.00. The van der Waals surface area contributed by atoms with Gasteiger partial charge in [0.15, 0.2) is 17.3 Å². The van der Waals surface area contributed by atoms with Crippen LogP contribution in [0.2, 0.25) is 0 Å². The molecule has 0 aromatic heterocycles. The highest BCUT2D eigenvalue weighted by atomic mass is 16.5. The lowest BCUT2D eigenvalue weighted by atomic mass is 10.0. The van der Waals surface area contributed by atoms with E-state index < -0.39 is 0 Å². The lowest BCUT2D eigenvalue weighted by Gasteiger charge is -2.13. The first kappa shape index (κ1) is 21.3. The molecule has 0 atom stereocenters. The molecule has 0 amide bonds. The molecule has 2 aromatic carbocycles. The molecule has 2 rings (SSSR count). The average molecular weight is 388 g/mol. The summed E-state index contributed by atoms with van der Waals surface area (Å²) in [6, 6.07) is 6.52. The van der Waals surface area contributed by atoms with Crippen LogP contribution in [0.15, 0.2) is 30.3 Å². The molecule has 2 aromatic rings. The van der Waals surface area contributed by atoms with Crippen LogP contribution in [-0.4, -0.2) is 44.4 Å². The summed E-state index contributed by atoms with van der Waals surface area (Å²) in [7, 11) is 5.92. The zero-order valence-corrected chi connectivity index (χ0v) is 16.3. The van der Waals surface area contributed by atoms with Gasteiger partial charge >= 0.3 is 0 Å². The summed E-state index contributed by atoms with van der Waals surface area (Å²) < 4.78 is 21.1. The Morgan fingerprint density at radius 2 is 1.46 bits per heavy atom. The van der Waals surface area contributed by atoms with Crippen molar-refractivity contribution in [3.05, 3.63) is 52.6 Å². The quantitative estimate of drug-likeness (QED) is 0.504. The van der Waals surface area contributed by atoms with E-state index in [-0.39, 0.29) is 19.0 Å². The number of ether oxygens (including phenoxy) is 4. The first-order valence-corrected chi connectivity index (χ1v) is 8.46. The zero-order chi connectivity index (χ0) is 20.7. The maximum absolute atomic E-state index is 12.6. The molecule has 0 fully saturated rings. The zero-order valence-electron chi connectivity index (χ0n) is 16.3. The number of ketones is 1. The molecule has 7 heteroatoms. The van der Waals surface area contributed by atoms with Crippen LogP contribution < -0.4 is 18.9 Å². The van der Waals surface area contributed by atoms with Crippen molar-refractivity contribution < 1.29 is 34.0 Å². The fourth-order valence-corrected chi connectivity index (χ4v) is 2.82. The summed E-state index contributed by atoms with van der Waals surface area (Å²) in [5, 5.41) is 19.0. The van der Waals surface area contributed by atoms with Gasteiger partial charge < -0.3 is 29.2 Å². The van der Waals surface area contributed by atoms with Crippen molar-refractivity contribution in [1.29, 1.82) is 0 Å². The molecule has 0 spiro atoms. The van der Waals surface area contributed by atoms with Gasteiger partial charge in [-0.25, -0.2) is 0 Å². The summed E-state index contributed by atoms with van der Waals surface area (Å²) in [5.41, 5.74) is 2.06. The number of carbonyl (C=O) groups excluding carboxylic acids is 1. The first-order chi connectivity index (χ1) is 13.5. The van der Waals surface area contributed by atoms with E-state index >= 15 is 0 Å². The van der Waals surface area contributed by atoms with Gasteiger partial charge in [0.2, 0.25) is 5.75 Å². The highest BCUT2D eigenvalue weighted by Gasteiger charge is 2.16. The van der Waals surface area contributed by atoms with Gasteiger partial charge in [0.25, 0.3) is 0 Å². The third-order valence-corrected chi connectivity index (χ3v) is 4.25. The molecule has 7 nitrogen and oxygen atoms in total. The van der Waals surface area contributed by atoms with Crippen molar-refractivity contribution in [2.24, 2.45) is 0 Å². The first-order valence-electron chi connectivity index (χ1n) is 8.46. The molecule has 0 bridgehead atoms. The topological polar surface area (TPSA) is 94.5 Å². The highest BCUT2D eigenvalue weighted by Crippen LogP contribution is 2.38. The second kappa shape index (κ2) is 9.77. The van der Waals surface area contributed by atoms with Crippen LogP contribution in [0, 0.1) is 0 Å². The fourth-order valence-electron chi connectivity index (χ4n) is 2.82. The number of hydrogen-bond donors (Lipinski definition) is 2. The summed E-state index contributed by atoms with van der Waals surface area (Å²) >= 11 is 0. The standard InChI is InChI=1S/C21H24O7/c1-25-18-8-13(7-15(11-22)16(18)12-23)5-6-17(24)14-9-19(26-2)21(28-4)20(10-14)27-3/h5-10,22-23H,11-12H2,1-4H3/b6-5+. The van der Waals surface area contributed by atoms with E-state index in [0.29, 0.717) is 45.3 Å². The number of rotatable bonds is 9. The van der Waals surface area contributed by atoms with Gasteiger partial charge in [-0.1, -0.05) is 6.08 Å². The van der Waals surface area contributed by atoms with Crippen LogP contribution in [-0.2, 0) is 13.2 Å². The van der Waals surface area contributed by atoms with Crippen LogP contribution in [0.4, 0.5) is 0 Å². The number of methoxy groups -OCH3 is 4. The summed E-state index contributed by atoms with van der Waals surface area (Å²) in [4.78, 5) is 12.6. The van der Waals surface area contributed by atoms with Gasteiger partial charge in [-0.3, -0.25) is 4.79 Å². The van der Waals surface area contributed by atoms with E-state index in [1.54, 1.807) is 30.3 Å². The predicted octanol–water partition coefficient (Wildman–Crippen LogP) is 2.60. The number of benzene rings is 2. The second-order valence-corrected chi connectivity index (χ2v) is 5.79. The molecule has 0 saturated carbocycles. The molecule has 0 heterocycles. The van der Waals surface area contributed by atoms with Crippen LogP contribution in [0.1, 0.15) is 27.0 Å². The van der Waals surface area contributed by atoms with Gasteiger partial charge in [0.05, 0.1) is 41.7 Å². The summed E-state index contributed by atoms with van der Waals surface area (Å²) in [5.74, 6) is 1.34. The van der Waals surface area contributed by atoms with Gasteiger partial charge in [0, 0.05) is 11.1 Å². The summed E-state index contributed by atoms with van der Waals surface area (Å²) in [6.45, 7) is -0.512. The third-order valence-electron chi connectivity index (χ3n) is 4.25. The van der Waals surface area contributed by atoms with E-state index in [0.717, 1.165) is 0 Å². The van der Waals surface area contributed by atoms with E-state index in [1.165, 1.54) is 34.5 Å². The number of carbonyl (C=O) groups is 1. The van der Waals surface area contributed by atoms with E-state index in [2.05, 4.69) is 0 Å². The molecule has 0 aliphatic carbocycles. The van der Waals surface area contributed by atoms with E-state index in [9.17, 15) is 15.0 Å². The van der Waals surface area contributed by atoms with Crippen LogP contribution in [0.25, 0.3) is 6.08 Å². The largest absolute Gasteiger partial charge is 0.496 e. The predicted molar refractivity (Wildman–Crippen MR) is 104 cm³/mol. The normalized spacial score (nSPS) is 10.8. The molecule has 2 N–H and O–H groups in total. The van der Waals surface area contributed by atoms with Crippen molar-refractivity contribution in [1.82, 2.24) is 0 Å². The SMILES string of the molecule is COc1cc(/C=C/C(=O)c2cc(OC)c(OC)c(OC)c2)cc(CO)c1CO. The molecule has 0 aliphatic rings. The molecular weight excluding hydrogens is 364 g/mol. The van der Waals surface area contributed by atoms with Gasteiger partial charge in [-0.2, -0.15) is 0 Å². The van der Waals surface area contributed by atoms with E-state index in [4.69, 9.17) is 18.9 Å². The fraction of sp³-hybridized carbons (Fsp3) is 0.286. The maximum Gasteiger partial charge on any atom is 0.203 e. The van der Waals surface area contributed by atoms with Gasteiger partial charge in [-0.05, 0) is 41.5 Å². The second-order valence-electron chi connectivity index (χ2n) is 5.79. The van der Waals surface area contributed by atoms with Crippen molar-refractivity contribution >= 4 is 11.9 Å². The minimum absolute atomic E-state index is 0.255. The Bertz CT molecular complexity index is 821. The Hall–Kier alpha value is -3.03. The van der Waals surface area contributed by atoms with Crippen LogP contribution >= 0.6 is 0 Å². The molecular formula is C21H24O7. The maximum atomic E-state index is 12.6. The molecule has 0 radical (unpaired) electrons. The Morgan fingerprint density at radius 3 is 1.93 bits per heavy atom. The van der Waals surface area contributed by atoms with Crippen molar-refractivity contribution in [3.63, 3.8) is 0 Å².